The first-order valence-corrected chi connectivity index (χ1v) is 6.44. The number of hydrogen-bond acceptors (Lipinski definition) is 3. The second-order valence-corrected chi connectivity index (χ2v) is 5.55. The van der Waals surface area contributed by atoms with Crippen molar-refractivity contribution in [2.75, 3.05) is 13.6 Å². The molecule has 1 saturated carbocycles. The third kappa shape index (κ3) is 3.15. The van der Waals surface area contributed by atoms with Gasteiger partial charge in [-0.05, 0) is 12.8 Å². The molecular formula is C8H18N4O2S. The van der Waals surface area contributed by atoms with Crippen molar-refractivity contribution < 1.29 is 8.42 Å². The number of amidine groups is 1. The summed E-state index contributed by atoms with van der Waals surface area (Å²) in [7, 11) is -2.10. The molecule has 0 radical (unpaired) electrons. The van der Waals surface area contributed by atoms with Crippen molar-refractivity contribution in [3.63, 3.8) is 0 Å². The highest BCUT2D eigenvalue weighted by Gasteiger charge is 2.31. The third-order valence-corrected chi connectivity index (χ3v) is 4.19. The molecule has 4 N–H and O–H groups in total. The molecule has 1 rings (SSSR count). The van der Waals surface area contributed by atoms with Gasteiger partial charge in [-0.15, -0.1) is 0 Å². The predicted molar refractivity (Wildman–Crippen MR) is 58.9 cm³/mol. The number of rotatable bonds is 5. The van der Waals surface area contributed by atoms with Crippen LogP contribution in [0.4, 0.5) is 0 Å². The lowest BCUT2D eigenvalue weighted by Crippen LogP contribution is -2.48. The zero-order valence-corrected chi connectivity index (χ0v) is 9.68. The minimum atomic E-state index is -3.48. The van der Waals surface area contributed by atoms with E-state index in [1.807, 2.05) is 0 Å². The summed E-state index contributed by atoms with van der Waals surface area (Å²) in [6.45, 7) is -0.0200. The summed E-state index contributed by atoms with van der Waals surface area (Å²) in [5.41, 5.74) is 5.26. The largest absolute Gasteiger partial charge is 0.387 e. The SMILES string of the molecule is CNS(=O)(=O)N(CC(=N)N)C1CCCC1. The fourth-order valence-electron chi connectivity index (χ4n) is 1.89. The topological polar surface area (TPSA) is 99.3 Å². The molecule has 0 bridgehead atoms. The Morgan fingerprint density at radius 2 is 2.07 bits per heavy atom. The van der Waals surface area contributed by atoms with Crippen LogP contribution in [0.3, 0.4) is 0 Å². The van der Waals surface area contributed by atoms with Crippen molar-refractivity contribution in [1.29, 1.82) is 5.41 Å². The van der Waals surface area contributed by atoms with E-state index < -0.39 is 10.2 Å². The number of nitrogens with zero attached hydrogens (tertiary/aromatic N) is 1. The molecule has 0 heterocycles. The Bertz CT molecular complexity index is 322. The van der Waals surface area contributed by atoms with Gasteiger partial charge in [0.15, 0.2) is 0 Å². The number of nitrogens with one attached hydrogen (secondary N) is 2. The Morgan fingerprint density at radius 1 is 1.53 bits per heavy atom. The molecule has 0 aromatic rings. The lowest BCUT2D eigenvalue weighted by atomic mass is 10.2. The summed E-state index contributed by atoms with van der Waals surface area (Å²) >= 11 is 0. The van der Waals surface area contributed by atoms with Crippen molar-refractivity contribution in [1.82, 2.24) is 9.03 Å². The molecule has 0 amide bonds. The Kier molecular flexibility index (Phi) is 4.06. The third-order valence-electron chi connectivity index (χ3n) is 2.62. The van der Waals surface area contributed by atoms with Crippen LogP contribution in [0.15, 0.2) is 0 Å². The molecule has 0 aliphatic heterocycles. The molecule has 7 heteroatoms. The molecule has 0 spiro atoms. The van der Waals surface area contributed by atoms with Gasteiger partial charge in [-0.3, -0.25) is 5.41 Å². The first kappa shape index (κ1) is 12.4. The van der Waals surface area contributed by atoms with Gasteiger partial charge in [-0.25, -0.2) is 4.72 Å². The van der Waals surface area contributed by atoms with Crippen LogP contribution in [0.1, 0.15) is 25.7 Å². The Morgan fingerprint density at radius 3 is 2.47 bits per heavy atom. The van der Waals surface area contributed by atoms with E-state index in [-0.39, 0.29) is 18.4 Å². The fraction of sp³-hybridized carbons (Fsp3) is 0.875. The highest BCUT2D eigenvalue weighted by atomic mass is 32.2. The van der Waals surface area contributed by atoms with E-state index >= 15 is 0 Å². The van der Waals surface area contributed by atoms with Crippen LogP contribution < -0.4 is 10.5 Å². The van der Waals surface area contributed by atoms with E-state index in [0.29, 0.717) is 0 Å². The van der Waals surface area contributed by atoms with E-state index in [1.165, 1.54) is 11.4 Å². The summed E-state index contributed by atoms with van der Waals surface area (Å²) in [4.78, 5) is 0. The molecule has 1 aliphatic rings. The summed E-state index contributed by atoms with van der Waals surface area (Å²) in [5.74, 6) is -0.124. The Hall–Kier alpha value is -0.660. The summed E-state index contributed by atoms with van der Waals surface area (Å²) < 4.78 is 26.9. The van der Waals surface area contributed by atoms with Gasteiger partial charge in [-0.1, -0.05) is 12.8 Å². The van der Waals surface area contributed by atoms with E-state index in [2.05, 4.69) is 4.72 Å². The fourth-order valence-corrected chi connectivity index (χ4v) is 3.03. The zero-order valence-electron chi connectivity index (χ0n) is 8.86. The van der Waals surface area contributed by atoms with Gasteiger partial charge in [0.05, 0.1) is 6.54 Å². The van der Waals surface area contributed by atoms with Gasteiger partial charge in [0.2, 0.25) is 0 Å². The maximum atomic E-state index is 11.7. The summed E-state index contributed by atoms with van der Waals surface area (Å²) in [6, 6.07) is -0.00801. The van der Waals surface area contributed by atoms with Crippen LogP contribution in [0.25, 0.3) is 0 Å². The van der Waals surface area contributed by atoms with E-state index in [0.717, 1.165) is 25.7 Å². The Labute approximate surface area is 90.5 Å². The van der Waals surface area contributed by atoms with Crippen LogP contribution in [-0.4, -0.2) is 38.2 Å². The van der Waals surface area contributed by atoms with Gasteiger partial charge in [0.1, 0.15) is 5.84 Å². The second kappa shape index (κ2) is 4.91. The molecule has 0 saturated heterocycles. The minimum Gasteiger partial charge on any atom is -0.387 e. The first-order valence-electron chi connectivity index (χ1n) is 5.00. The summed E-state index contributed by atoms with van der Waals surface area (Å²) in [5, 5.41) is 7.19. The maximum Gasteiger partial charge on any atom is 0.279 e. The lowest BCUT2D eigenvalue weighted by Gasteiger charge is -2.26. The van der Waals surface area contributed by atoms with E-state index in [9.17, 15) is 8.42 Å². The molecule has 88 valence electrons. The second-order valence-electron chi connectivity index (χ2n) is 3.72. The van der Waals surface area contributed by atoms with Crippen LogP contribution in [0, 0.1) is 5.41 Å². The number of hydrogen-bond donors (Lipinski definition) is 3. The average molecular weight is 234 g/mol. The molecule has 0 unspecified atom stereocenters. The van der Waals surface area contributed by atoms with Crippen LogP contribution >= 0.6 is 0 Å². The normalized spacial score (nSPS) is 18.5. The maximum absolute atomic E-state index is 11.7. The van der Waals surface area contributed by atoms with Crippen LogP contribution in [-0.2, 0) is 10.2 Å². The van der Waals surface area contributed by atoms with Gasteiger partial charge in [-0.2, -0.15) is 12.7 Å². The standard InChI is InChI=1S/C8H18N4O2S/c1-11-15(13,14)12(6-8(9)10)7-4-2-3-5-7/h7,11H,2-6H2,1H3,(H3,9,10). The highest BCUT2D eigenvalue weighted by Crippen LogP contribution is 2.24. The van der Waals surface area contributed by atoms with Crippen molar-refractivity contribution >= 4 is 16.0 Å². The average Bonchev–Trinajstić information content (AvgIpc) is 2.66. The Balaban J connectivity index is 2.81. The van der Waals surface area contributed by atoms with Crippen molar-refractivity contribution in [2.24, 2.45) is 5.73 Å². The van der Waals surface area contributed by atoms with Crippen LogP contribution in [0.5, 0.6) is 0 Å². The molecule has 1 aliphatic carbocycles. The van der Waals surface area contributed by atoms with Gasteiger partial charge >= 0.3 is 0 Å². The van der Waals surface area contributed by atoms with Crippen molar-refractivity contribution in [3.8, 4) is 0 Å². The van der Waals surface area contributed by atoms with E-state index in [1.54, 1.807) is 0 Å². The van der Waals surface area contributed by atoms with Crippen LogP contribution in [0.2, 0.25) is 0 Å². The number of nitrogens with two attached hydrogens (primary N) is 1. The van der Waals surface area contributed by atoms with Crippen molar-refractivity contribution in [3.05, 3.63) is 0 Å². The molecular weight excluding hydrogens is 216 g/mol. The van der Waals surface area contributed by atoms with Gasteiger partial charge < -0.3 is 5.73 Å². The minimum absolute atomic E-state index is 0.00801. The zero-order chi connectivity index (χ0) is 11.5. The summed E-state index contributed by atoms with van der Waals surface area (Å²) in [6.07, 6.45) is 3.79. The highest BCUT2D eigenvalue weighted by molar-refractivity contribution is 7.87. The first-order chi connectivity index (χ1) is 6.97. The molecule has 15 heavy (non-hydrogen) atoms. The van der Waals surface area contributed by atoms with E-state index in [4.69, 9.17) is 11.1 Å². The molecule has 0 aromatic heterocycles. The quantitative estimate of drug-likeness (QED) is 0.447. The predicted octanol–water partition coefficient (Wildman–Crippen LogP) is -0.369. The molecule has 0 aromatic carbocycles. The molecule has 0 atom stereocenters. The van der Waals surface area contributed by atoms with Gasteiger partial charge in [0.25, 0.3) is 10.2 Å². The lowest BCUT2D eigenvalue weighted by molar-refractivity contribution is 0.349. The molecule has 6 nitrogen and oxygen atoms in total. The van der Waals surface area contributed by atoms with Gasteiger partial charge in [0, 0.05) is 13.1 Å². The monoisotopic (exact) mass is 234 g/mol. The molecule has 1 fully saturated rings. The smallest absolute Gasteiger partial charge is 0.279 e. The van der Waals surface area contributed by atoms with Crippen molar-refractivity contribution in [2.45, 2.75) is 31.7 Å².